The lowest BCUT2D eigenvalue weighted by Crippen LogP contribution is -2.44. The average Bonchev–Trinajstić information content (AvgIpc) is 3.27. The Hall–Kier alpha value is -2.63. The summed E-state index contributed by atoms with van der Waals surface area (Å²) in [6.07, 6.45) is 3.60. The summed E-state index contributed by atoms with van der Waals surface area (Å²) < 4.78 is 5.90. The summed E-state index contributed by atoms with van der Waals surface area (Å²) in [6.45, 7) is 1.76. The van der Waals surface area contributed by atoms with E-state index < -0.39 is 22.8 Å². The normalized spacial score (nSPS) is 16.2. The fourth-order valence-corrected chi connectivity index (χ4v) is 4.84. The highest BCUT2D eigenvalue weighted by molar-refractivity contribution is 8.26. The van der Waals surface area contributed by atoms with Gasteiger partial charge in [-0.25, -0.2) is 4.79 Å². The number of carboxylic acid groups (broad SMARTS) is 1. The second kappa shape index (κ2) is 9.67. The quantitative estimate of drug-likeness (QED) is 0.252. The number of hydrogen-bond donors (Lipinski definition) is 1. The topological polar surface area (TPSA) is 114 Å². The number of hydrogen-bond acceptors (Lipinski definition) is 8. The summed E-state index contributed by atoms with van der Waals surface area (Å²) in [5, 5.41) is 20.9. The van der Waals surface area contributed by atoms with Crippen LogP contribution in [0, 0.1) is 17.0 Å². The maximum Gasteiger partial charge on any atom is 0.326 e. The van der Waals surface area contributed by atoms with Crippen LogP contribution in [0.25, 0.3) is 17.4 Å². The number of nitrogens with zero attached hydrogens (tertiary/aromatic N) is 2. The van der Waals surface area contributed by atoms with Crippen molar-refractivity contribution in [2.45, 2.75) is 19.4 Å². The Morgan fingerprint density at radius 2 is 2.16 bits per heavy atom. The maximum absolute atomic E-state index is 12.8. The van der Waals surface area contributed by atoms with E-state index in [-0.39, 0.29) is 27.1 Å². The smallest absolute Gasteiger partial charge is 0.326 e. The number of nitro benzene ring substituents is 1. The first-order valence-electron chi connectivity index (χ1n) is 9.07. The molecular formula is C20H18N2O6S3. The average molecular weight is 479 g/mol. The zero-order valence-electron chi connectivity index (χ0n) is 16.6. The van der Waals surface area contributed by atoms with Gasteiger partial charge < -0.3 is 9.52 Å². The van der Waals surface area contributed by atoms with Gasteiger partial charge in [-0.1, -0.05) is 30.0 Å². The van der Waals surface area contributed by atoms with E-state index in [0.29, 0.717) is 17.1 Å². The molecule has 11 heteroatoms. The Balaban J connectivity index is 1.88. The van der Waals surface area contributed by atoms with Gasteiger partial charge in [0.15, 0.2) is 0 Å². The van der Waals surface area contributed by atoms with Crippen LogP contribution >= 0.6 is 35.7 Å². The Labute approximate surface area is 191 Å². The van der Waals surface area contributed by atoms with Gasteiger partial charge in [0.25, 0.3) is 11.6 Å². The largest absolute Gasteiger partial charge is 0.480 e. The molecule has 3 rings (SSSR count). The summed E-state index contributed by atoms with van der Waals surface area (Å²) in [4.78, 5) is 36.8. The molecule has 0 bridgehead atoms. The molecule has 2 aromatic rings. The first-order chi connectivity index (χ1) is 14.7. The molecule has 1 aromatic carbocycles. The predicted octanol–water partition coefficient (Wildman–Crippen LogP) is 4.57. The number of nitro groups is 1. The van der Waals surface area contributed by atoms with E-state index in [1.165, 1.54) is 23.9 Å². The van der Waals surface area contributed by atoms with Gasteiger partial charge in [0.05, 0.1) is 15.4 Å². The molecule has 1 saturated heterocycles. The van der Waals surface area contributed by atoms with Gasteiger partial charge in [0, 0.05) is 12.1 Å². The highest BCUT2D eigenvalue weighted by atomic mass is 32.2. The summed E-state index contributed by atoms with van der Waals surface area (Å²) in [5.74, 6) is -0.441. The molecule has 1 fully saturated rings. The van der Waals surface area contributed by atoms with Gasteiger partial charge in [-0.15, -0.1) is 0 Å². The van der Waals surface area contributed by atoms with E-state index in [9.17, 15) is 24.8 Å². The van der Waals surface area contributed by atoms with Gasteiger partial charge in [0.2, 0.25) is 0 Å². The van der Waals surface area contributed by atoms with Crippen molar-refractivity contribution in [3.63, 3.8) is 0 Å². The number of aliphatic carboxylic acids is 1. The molecule has 1 unspecified atom stereocenters. The van der Waals surface area contributed by atoms with Crippen LogP contribution in [-0.2, 0) is 9.59 Å². The Morgan fingerprint density at radius 3 is 2.81 bits per heavy atom. The molecule has 0 aliphatic carbocycles. The standard InChI is InChI=1S/C20H18N2O6S3/c1-11-3-5-13(15(9-11)22(26)27)16-6-4-12(28-16)10-17-18(23)21(20(29)31-17)14(19(24)25)7-8-30-2/h3-6,9-10,14H,7-8H2,1-2H3,(H,24,25)/b17-10+. The minimum absolute atomic E-state index is 0.0784. The molecule has 8 nitrogen and oxygen atoms in total. The van der Waals surface area contributed by atoms with Crippen molar-refractivity contribution in [3.05, 3.63) is 56.7 Å². The highest BCUT2D eigenvalue weighted by Gasteiger charge is 2.40. The number of carbonyl (C=O) groups is 2. The summed E-state index contributed by atoms with van der Waals surface area (Å²) in [5.41, 5.74) is 0.997. The zero-order chi connectivity index (χ0) is 22.7. The van der Waals surface area contributed by atoms with Crippen molar-refractivity contribution >= 4 is 63.7 Å². The number of amides is 1. The highest BCUT2D eigenvalue weighted by Crippen LogP contribution is 2.37. The number of carbonyl (C=O) groups excluding carboxylic acids is 1. The van der Waals surface area contributed by atoms with Crippen LogP contribution < -0.4 is 0 Å². The van der Waals surface area contributed by atoms with Crippen LogP contribution in [-0.4, -0.2) is 49.2 Å². The number of aryl methyl sites for hydroxylation is 1. The van der Waals surface area contributed by atoms with E-state index >= 15 is 0 Å². The number of rotatable bonds is 8. The van der Waals surface area contributed by atoms with Crippen molar-refractivity contribution in [2.24, 2.45) is 0 Å². The van der Waals surface area contributed by atoms with Crippen LogP contribution in [0.2, 0.25) is 0 Å². The van der Waals surface area contributed by atoms with Gasteiger partial charge in [-0.2, -0.15) is 11.8 Å². The molecule has 0 radical (unpaired) electrons. The third kappa shape index (κ3) is 5.00. The Kier molecular flexibility index (Phi) is 7.19. The van der Waals surface area contributed by atoms with Gasteiger partial charge in [0.1, 0.15) is 21.9 Å². The van der Waals surface area contributed by atoms with Crippen molar-refractivity contribution in [3.8, 4) is 11.3 Å². The van der Waals surface area contributed by atoms with Gasteiger partial charge >= 0.3 is 5.97 Å². The fourth-order valence-electron chi connectivity index (χ4n) is 3.05. The molecule has 0 saturated carbocycles. The molecule has 1 aliphatic heterocycles. The second-order valence-corrected chi connectivity index (χ2v) is 9.33. The Bertz CT molecular complexity index is 1090. The summed E-state index contributed by atoms with van der Waals surface area (Å²) >= 11 is 7.74. The van der Waals surface area contributed by atoms with E-state index in [0.717, 1.165) is 22.2 Å². The SMILES string of the molecule is CSCCC(C(=O)O)N1C(=O)/C(=C\c2ccc(-c3ccc(C)cc3[N+](=O)[O-])o2)SC1=S. The maximum atomic E-state index is 12.8. The Morgan fingerprint density at radius 1 is 1.42 bits per heavy atom. The van der Waals surface area contributed by atoms with Crippen molar-refractivity contribution < 1.29 is 24.0 Å². The summed E-state index contributed by atoms with van der Waals surface area (Å²) in [7, 11) is 0. The lowest BCUT2D eigenvalue weighted by molar-refractivity contribution is -0.384. The van der Waals surface area contributed by atoms with Crippen LogP contribution in [0.3, 0.4) is 0 Å². The molecule has 1 N–H and O–H groups in total. The minimum atomic E-state index is -1.11. The molecule has 1 aromatic heterocycles. The van der Waals surface area contributed by atoms with Crippen LogP contribution in [0.5, 0.6) is 0 Å². The number of furan rings is 1. The third-order valence-corrected chi connectivity index (χ3v) is 6.51. The first-order valence-corrected chi connectivity index (χ1v) is 11.7. The lowest BCUT2D eigenvalue weighted by atomic mass is 10.1. The predicted molar refractivity (Wildman–Crippen MR) is 125 cm³/mol. The van der Waals surface area contributed by atoms with Crippen molar-refractivity contribution in [1.29, 1.82) is 0 Å². The van der Waals surface area contributed by atoms with E-state index in [2.05, 4.69) is 0 Å². The van der Waals surface area contributed by atoms with E-state index in [1.54, 1.807) is 31.2 Å². The van der Waals surface area contributed by atoms with Crippen LogP contribution in [0.15, 0.2) is 39.7 Å². The van der Waals surface area contributed by atoms with E-state index in [1.807, 2.05) is 6.26 Å². The number of benzene rings is 1. The third-order valence-electron chi connectivity index (χ3n) is 4.53. The molecule has 31 heavy (non-hydrogen) atoms. The zero-order valence-corrected chi connectivity index (χ0v) is 19.0. The molecule has 1 aliphatic rings. The molecule has 2 heterocycles. The van der Waals surface area contributed by atoms with Crippen molar-refractivity contribution in [1.82, 2.24) is 4.90 Å². The monoisotopic (exact) mass is 478 g/mol. The first kappa shape index (κ1) is 23.0. The molecular weight excluding hydrogens is 460 g/mol. The van der Waals surface area contributed by atoms with Crippen LogP contribution in [0.4, 0.5) is 5.69 Å². The van der Waals surface area contributed by atoms with Crippen molar-refractivity contribution in [2.75, 3.05) is 12.0 Å². The van der Waals surface area contributed by atoms with E-state index in [4.69, 9.17) is 16.6 Å². The molecule has 162 valence electrons. The molecule has 1 atom stereocenters. The second-order valence-electron chi connectivity index (χ2n) is 6.67. The number of carboxylic acids is 1. The lowest BCUT2D eigenvalue weighted by Gasteiger charge is -2.22. The van der Waals surface area contributed by atoms with Crippen LogP contribution in [0.1, 0.15) is 17.7 Å². The van der Waals surface area contributed by atoms with Gasteiger partial charge in [-0.05, 0) is 49.1 Å². The number of thiocarbonyl (C=S) groups is 1. The molecule has 1 amide bonds. The summed E-state index contributed by atoms with van der Waals surface area (Å²) in [6, 6.07) is 6.96. The molecule has 0 spiro atoms. The minimum Gasteiger partial charge on any atom is -0.480 e. The number of thioether (sulfide) groups is 2. The fraction of sp³-hybridized carbons (Fsp3) is 0.250. The van der Waals surface area contributed by atoms with Gasteiger partial charge in [-0.3, -0.25) is 19.8 Å².